The maximum atomic E-state index is 13.0. The summed E-state index contributed by atoms with van der Waals surface area (Å²) in [5.41, 5.74) is -0.829. The Labute approximate surface area is 149 Å². The lowest BCUT2D eigenvalue weighted by atomic mass is 10.1. The molecule has 26 heavy (non-hydrogen) atoms. The smallest absolute Gasteiger partial charge is 0.322 e. The van der Waals surface area contributed by atoms with Crippen molar-refractivity contribution in [1.82, 2.24) is 4.31 Å². The molecule has 0 aliphatic rings. The minimum Gasteiger partial charge on any atom is -0.322 e. The van der Waals surface area contributed by atoms with Crippen LogP contribution in [0, 0.1) is 6.92 Å². The molecule has 0 unspecified atom stereocenters. The number of sulfonamides is 1. The number of hydrogen-bond acceptors (Lipinski definition) is 3. The summed E-state index contributed by atoms with van der Waals surface area (Å²) >= 11 is 0. The Morgan fingerprint density at radius 1 is 1.08 bits per heavy atom. The lowest BCUT2D eigenvalue weighted by molar-refractivity contribution is -0.138. The molecule has 2 aromatic carbocycles. The number of anilines is 1. The van der Waals surface area contributed by atoms with Crippen LogP contribution in [0.4, 0.5) is 18.9 Å². The maximum Gasteiger partial charge on any atom is 0.416 e. The predicted molar refractivity (Wildman–Crippen MR) is 91.4 cm³/mol. The number of benzene rings is 2. The lowest BCUT2D eigenvalue weighted by Crippen LogP contribution is -2.22. The van der Waals surface area contributed by atoms with E-state index in [-0.39, 0.29) is 21.7 Å². The van der Waals surface area contributed by atoms with Crippen LogP contribution in [0.15, 0.2) is 47.4 Å². The van der Waals surface area contributed by atoms with E-state index in [1.807, 2.05) is 0 Å². The third kappa shape index (κ3) is 4.23. The Balaban J connectivity index is 2.32. The van der Waals surface area contributed by atoms with Crippen LogP contribution in [-0.4, -0.2) is 32.7 Å². The quantitative estimate of drug-likeness (QED) is 0.874. The molecule has 0 aliphatic heterocycles. The fourth-order valence-corrected chi connectivity index (χ4v) is 3.17. The van der Waals surface area contributed by atoms with Gasteiger partial charge in [-0.1, -0.05) is 12.1 Å². The van der Waals surface area contributed by atoms with Crippen molar-refractivity contribution in [2.75, 3.05) is 19.4 Å². The monoisotopic (exact) mass is 386 g/mol. The second kappa shape index (κ2) is 7.08. The van der Waals surface area contributed by atoms with Gasteiger partial charge >= 0.3 is 6.18 Å². The molecule has 9 heteroatoms. The molecule has 2 rings (SSSR count). The van der Waals surface area contributed by atoms with Gasteiger partial charge in [-0.25, -0.2) is 12.7 Å². The minimum atomic E-state index is -4.54. The molecule has 1 N–H and O–H groups in total. The van der Waals surface area contributed by atoms with E-state index in [9.17, 15) is 26.4 Å². The fourth-order valence-electron chi connectivity index (χ4n) is 2.22. The van der Waals surface area contributed by atoms with Gasteiger partial charge in [-0.05, 0) is 42.8 Å². The predicted octanol–water partition coefficient (Wildman–Crippen LogP) is 3.52. The topological polar surface area (TPSA) is 66.5 Å². The van der Waals surface area contributed by atoms with Crippen molar-refractivity contribution in [1.29, 1.82) is 0 Å². The Kier molecular flexibility index (Phi) is 5.43. The van der Waals surface area contributed by atoms with Crippen LogP contribution in [-0.2, 0) is 16.2 Å². The highest BCUT2D eigenvalue weighted by atomic mass is 32.2. The van der Waals surface area contributed by atoms with Crippen LogP contribution in [0.5, 0.6) is 0 Å². The summed E-state index contributed by atoms with van der Waals surface area (Å²) in [7, 11) is -1.02. The number of carbonyl (C=O) groups is 1. The Hall–Kier alpha value is -2.39. The van der Waals surface area contributed by atoms with Gasteiger partial charge in [0.2, 0.25) is 10.0 Å². The van der Waals surface area contributed by atoms with Crippen LogP contribution >= 0.6 is 0 Å². The zero-order valence-electron chi connectivity index (χ0n) is 14.3. The van der Waals surface area contributed by atoms with Crippen LogP contribution in [0.1, 0.15) is 21.5 Å². The molecule has 0 saturated carbocycles. The zero-order valence-corrected chi connectivity index (χ0v) is 15.1. The van der Waals surface area contributed by atoms with Crippen molar-refractivity contribution < 1.29 is 26.4 Å². The lowest BCUT2D eigenvalue weighted by Gasteiger charge is -2.14. The highest BCUT2D eigenvalue weighted by Crippen LogP contribution is 2.33. The van der Waals surface area contributed by atoms with E-state index < -0.39 is 27.7 Å². The van der Waals surface area contributed by atoms with Gasteiger partial charge in [0.05, 0.1) is 10.5 Å². The van der Waals surface area contributed by atoms with Gasteiger partial charge in [0, 0.05) is 25.3 Å². The molecule has 0 aliphatic carbocycles. The molecule has 0 spiro atoms. The molecule has 1 amide bonds. The van der Waals surface area contributed by atoms with Gasteiger partial charge in [0.15, 0.2) is 0 Å². The van der Waals surface area contributed by atoms with E-state index >= 15 is 0 Å². The van der Waals surface area contributed by atoms with Crippen molar-refractivity contribution in [3.8, 4) is 0 Å². The van der Waals surface area contributed by atoms with Crippen molar-refractivity contribution in [3.63, 3.8) is 0 Å². The van der Waals surface area contributed by atoms with E-state index in [2.05, 4.69) is 5.32 Å². The third-order valence-corrected chi connectivity index (χ3v) is 5.49. The second-order valence-corrected chi connectivity index (χ2v) is 7.95. The van der Waals surface area contributed by atoms with Gasteiger partial charge in [0.25, 0.3) is 5.91 Å². The number of nitrogens with one attached hydrogen (secondary N) is 1. The van der Waals surface area contributed by atoms with E-state index in [0.717, 1.165) is 10.4 Å². The average Bonchev–Trinajstić information content (AvgIpc) is 2.55. The van der Waals surface area contributed by atoms with Crippen molar-refractivity contribution in [2.24, 2.45) is 0 Å². The zero-order chi connectivity index (χ0) is 19.7. The molecular formula is C17H17F3N2O3S. The van der Waals surface area contributed by atoms with Crippen LogP contribution in [0.25, 0.3) is 0 Å². The molecule has 0 saturated heterocycles. The first-order valence-corrected chi connectivity index (χ1v) is 8.88. The summed E-state index contributed by atoms with van der Waals surface area (Å²) in [6.45, 7) is 1.32. The van der Waals surface area contributed by atoms with Gasteiger partial charge < -0.3 is 5.32 Å². The van der Waals surface area contributed by atoms with E-state index in [4.69, 9.17) is 0 Å². The van der Waals surface area contributed by atoms with Crippen LogP contribution in [0.2, 0.25) is 0 Å². The third-order valence-electron chi connectivity index (χ3n) is 3.68. The Bertz CT molecular complexity index is 939. The number of nitrogens with zero attached hydrogens (tertiary/aromatic N) is 1. The molecular weight excluding hydrogens is 369 g/mol. The number of aryl methyl sites for hydroxylation is 1. The summed E-state index contributed by atoms with van der Waals surface area (Å²) in [6, 6.07) is 8.72. The fraction of sp³-hybridized carbons (Fsp3) is 0.235. The highest BCUT2D eigenvalue weighted by molar-refractivity contribution is 7.89. The Morgan fingerprint density at radius 3 is 2.31 bits per heavy atom. The summed E-state index contributed by atoms with van der Waals surface area (Å²) in [5, 5.41) is 2.36. The van der Waals surface area contributed by atoms with E-state index in [1.54, 1.807) is 0 Å². The maximum absolute atomic E-state index is 13.0. The normalized spacial score (nSPS) is 12.3. The molecule has 140 valence electrons. The summed E-state index contributed by atoms with van der Waals surface area (Å²) in [6.07, 6.45) is -4.54. The second-order valence-electron chi connectivity index (χ2n) is 5.80. The first-order valence-electron chi connectivity index (χ1n) is 7.44. The highest BCUT2D eigenvalue weighted by Gasteiger charge is 2.32. The Morgan fingerprint density at radius 2 is 1.73 bits per heavy atom. The van der Waals surface area contributed by atoms with Crippen LogP contribution in [0.3, 0.4) is 0 Å². The summed E-state index contributed by atoms with van der Waals surface area (Å²) in [5.74, 6) is -0.710. The number of halogens is 3. The number of alkyl halides is 3. The molecule has 0 bridgehead atoms. The minimum absolute atomic E-state index is 0.0158. The average molecular weight is 386 g/mol. The van der Waals surface area contributed by atoms with E-state index in [1.165, 1.54) is 57.4 Å². The number of rotatable bonds is 4. The molecule has 2 aromatic rings. The van der Waals surface area contributed by atoms with Gasteiger partial charge in [-0.3, -0.25) is 4.79 Å². The van der Waals surface area contributed by atoms with Gasteiger partial charge in [-0.2, -0.15) is 13.2 Å². The number of carbonyl (C=O) groups excluding carboxylic acids is 1. The van der Waals surface area contributed by atoms with Crippen molar-refractivity contribution in [2.45, 2.75) is 18.0 Å². The molecule has 0 heterocycles. The number of hydrogen-bond donors (Lipinski definition) is 1. The molecule has 0 atom stereocenters. The largest absolute Gasteiger partial charge is 0.416 e. The first-order chi connectivity index (χ1) is 11.9. The molecule has 5 nitrogen and oxygen atoms in total. The molecule has 0 fully saturated rings. The number of amides is 1. The van der Waals surface area contributed by atoms with Crippen molar-refractivity contribution >= 4 is 21.6 Å². The van der Waals surface area contributed by atoms with Gasteiger partial charge in [0.1, 0.15) is 0 Å². The summed E-state index contributed by atoms with van der Waals surface area (Å²) in [4.78, 5) is 12.2. The van der Waals surface area contributed by atoms with Crippen molar-refractivity contribution in [3.05, 3.63) is 59.2 Å². The molecule has 0 aromatic heterocycles. The SMILES string of the molecule is Cc1ccc(NC(=O)c2cccc(S(=O)(=O)N(C)C)c2)cc1C(F)(F)F. The van der Waals surface area contributed by atoms with Crippen LogP contribution < -0.4 is 5.32 Å². The summed E-state index contributed by atoms with van der Waals surface area (Å²) < 4.78 is 64.1. The molecule has 0 radical (unpaired) electrons. The van der Waals surface area contributed by atoms with Gasteiger partial charge in [-0.15, -0.1) is 0 Å². The van der Waals surface area contributed by atoms with E-state index in [0.29, 0.717) is 0 Å². The first kappa shape index (κ1) is 19.9. The standard InChI is InChI=1S/C17H17F3N2O3S/c1-11-7-8-13(10-15(11)17(18,19)20)21-16(23)12-5-4-6-14(9-12)26(24,25)22(2)3/h4-10H,1-3H3,(H,21,23).